The fourth-order valence-corrected chi connectivity index (χ4v) is 5.35. The van der Waals surface area contributed by atoms with Crippen LogP contribution in [0.15, 0.2) is 99.9 Å². The average Bonchev–Trinajstić information content (AvgIpc) is 3.19. The van der Waals surface area contributed by atoms with Crippen LogP contribution in [-0.4, -0.2) is 17.1 Å². The normalized spacial score (nSPS) is 15.2. The van der Waals surface area contributed by atoms with Crippen LogP contribution < -0.4 is 19.6 Å². The standard InChI is InChI=1S/C30H26N2O4S/c1-4-35-29(34)26-20(3)31-30-32(27(26)22-15-13-19(2)14-16-22)28(33)25(37-30)18-21-9-8-12-24(17-21)36-23-10-6-5-7-11-23/h5-18,27H,4H2,1-3H3/b25-18+/t27-/m1/s1. The highest BCUT2D eigenvalue weighted by molar-refractivity contribution is 7.07. The van der Waals surface area contributed by atoms with Crippen molar-refractivity contribution in [2.24, 2.45) is 4.99 Å². The number of esters is 1. The molecule has 0 spiro atoms. The van der Waals surface area contributed by atoms with Crippen LogP contribution in [0, 0.1) is 6.92 Å². The van der Waals surface area contributed by atoms with Gasteiger partial charge in [0.25, 0.3) is 5.56 Å². The zero-order chi connectivity index (χ0) is 25.9. The minimum Gasteiger partial charge on any atom is -0.463 e. The zero-order valence-electron chi connectivity index (χ0n) is 20.8. The Bertz CT molecular complexity index is 1670. The first-order chi connectivity index (χ1) is 17.9. The molecule has 1 aliphatic heterocycles. The molecular weight excluding hydrogens is 484 g/mol. The van der Waals surface area contributed by atoms with Gasteiger partial charge in [-0.15, -0.1) is 0 Å². The van der Waals surface area contributed by atoms with Crippen molar-refractivity contribution < 1.29 is 14.3 Å². The Kier molecular flexibility index (Phi) is 6.88. The molecule has 1 aromatic heterocycles. The van der Waals surface area contributed by atoms with Crippen molar-refractivity contribution in [1.82, 2.24) is 4.57 Å². The molecule has 0 aliphatic carbocycles. The van der Waals surface area contributed by atoms with Crippen LogP contribution in [-0.2, 0) is 9.53 Å². The first-order valence-corrected chi connectivity index (χ1v) is 12.9. The summed E-state index contributed by atoms with van der Waals surface area (Å²) in [6.45, 7) is 5.79. The Morgan fingerprint density at radius 2 is 1.73 bits per heavy atom. The Morgan fingerprint density at radius 3 is 2.46 bits per heavy atom. The summed E-state index contributed by atoms with van der Waals surface area (Å²) in [4.78, 5) is 31.9. The van der Waals surface area contributed by atoms with Gasteiger partial charge in [-0.05, 0) is 62.2 Å². The summed E-state index contributed by atoms with van der Waals surface area (Å²) >= 11 is 1.30. The Morgan fingerprint density at radius 1 is 1.00 bits per heavy atom. The second-order valence-electron chi connectivity index (χ2n) is 8.70. The number of para-hydroxylation sites is 1. The summed E-state index contributed by atoms with van der Waals surface area (Å²) in [5.74, 6) is 0.944. The third kappa shape index (κ3) is 5.04. The largest absolute Gasteiger partial charge is 0.463 e. The van der Waals surface area contributed by atoms with Gasteiger partial charge in [0.05, 0.1) is 28.5 Å². The quantitative estimate of drug-likeness (QED) is 0.346. The number of ether oxygens (including phenoxy) is 2. The van der Waals surface area contributed by atoms with Crippen molar-refractivity contribution in [1.29, 1.82) is 0 Å². The number of fused-ring (bicyclic) bond motifs is 1. The van der Waals surface area contributed by atoms with Gasteiger partial charge in [-0.1, -0.05) is 71.5 Å². The summed E-state index contributed by atoms with van der Waals surface area (Å²) in [6, 6.07) is 24.3. The predicted molar refractivity (Wildman–Crippen MR) is 145 cm³/mol. The van der Waals surface area contributed by atoms with Crippen molar-refractivity contribution in [3.8, 4) is 11.5 Å². The van der Waals surface area contributed by atoms with Crippen LogP contribution in [0.3, 0.4) is 0 Å². The fourth-order valence-electron chi connectivity index (χ4n) is 4.30. The SMILES string of the molecule is CCOC(=O)C1=C(C)N=c2s/c(=C/c3cccc(Oc4ccccc4)c3)c(=O)n2[C@@H]1c1ccc(C)cc1. The lowest BCUT2D eigenvalue weighted by atomic mass is 9.95. The van der Waals surface area contributed by atoms with Crippen molar-refractivity contribution in [3.63, 3.8) is 0 Å². The summed E-state index contributed by atoms with van der Waals surface area (Å²) in [6.07, 6.45) is 1.83. The first-order valence-electron chi connectivity index (χ1n) is 12.0. The molecule has 5 rings (SSSR count). The molecule has 186 valence electrons. The number of nitrogens with zero attached hydrogens (tertiary/aromatic N) is 2. The molecule has 0 N–H and O–H groups in total. The van der Waals surface area contributed by atoms with Crippen LogP contribution in [0.1, 0.15) is 36.6 Å². The monoisotopic (exact) mass is 510 g/mol. The summed E-state index contributed by atoms with van der Waals surface area (Å²) in [5, 5.41) is 0. The van der Waals surface area contributed by atoms with Crippen LogP contribution >= 0.6 is 11.3 Å². The van der Waals surface area contributed by atoms with E-state index in [9.17, 15) is 9.59 Å². The number of aryl methyl sites for hydroxylation is 1. The van der Waals surface area contributed by atoms with Crippen LogP contribution in [0.4, 0.5) is 0 Å². The number of hydrogen-bond donors (Lipinski definition) is 0. The molecule has 37 heavy (non-hydrogen) atoms. The number of rotatable bonds is 6. The van der Waals surface area contributed by atoms with Crippen molar-refractivity contribution >= 4 is 23.4 Å². The van der Waals surface area contributed by atoms with E-state index in [0.717, 1.165) is 22.4 Å². The number of carbonyl (C=O) groups excluding carboxylic acids is 1. The second kappa shape index (κ2) is 10.4. The van der Waals surface area contributed by atoms with Gasteiger partial charge in [0, 0.05) is 0 Å². The van der Waals surface area contributed by atoms with Gasteiger partial charge in [-0.2, -0.15) is 0 Å². The van der Waals surface area contributed by atoms with Gasteiger partial charge in [0.15, 0.2) is 4.80 Å². The highest BCUT2D eigenvalue weighted by Crippen LogP contribution is 2.31. The van der Waals surface area contributed by atoms with Gasteiger partial charge in [-0.3, -0.25) is 9.36 Å². The van der Waals surface area contributed by atoms with Crippen LogP contribution in [0.25, 0.3) is 6.08 Å². The molecule has 0 bridgehead atoms. The Labute approximate surface area is 218 Å². The predicted octanol–water partition coefficient (Wildman–Crippen LogP) is 4.90. The Balaban J connectivity index is 1.61. The molecule has 2 heterocycles. The number of thiazole rings is 1. The average molecular weight is 511 g/mol. The molecular formula is C30H26N2O4S. The topological polar surface area (TPSA) is 69.9 Å². The van der Waals surface area contributed by atoms with Crippen LogP contribution in [0.2, 0.25) is 0 Å². The molecule has 0 unspecified atom stereocenters. The molecule has 1 aliphatic rings. The minimum absolute atomic E-state index is 0.210. The molecule has 0 radical (unpaired) electrons. The maximum absolute atomic E-state index is 13.8. The maximum atomic E-state index is 13.8. The zero-order valence-corrected chi connectivity index (χ0v) is 21.6. The van der Waals surface area contributed by atoms with Gasteiger partial charge in [-0.25, -0.2) is 9.79 Å². The van der Waals surface area contributed by atoms with Crippen molar-refractivity contribution in [2.75, 3.05) is 6.61 Å². The lowest BCUT2D eigenvalue weighted by molar-refractivity contribution is -0.139. The van der Waals surface area contributed by atoms with E-state index in [-0.39, 0.29) is 12.2 Å². The number of hydrogen-bond acceptors (Lipinski definition) is 6. The highest BCUT2D eigenvalue weighted by atomic mass is 32.1. The third-order valence-electron chi connectivity index (χ3n) is 6.04. The summed E-state index contributed by atoms with van der Waals surface area (Å²) in [5.41, 5.74) is 3.46. The molecule has 0 saturated heterocycles. The molecule has 0 saturated carbocycles. The van der Waals surface area contributed by atoms with E-state index in [0.29, 0.717) is 26.4 Å². The molecule has 3 aromatic carbocycles. The highest BCUT2D eigenvalue weighted by Gasteiger charge is 2.33. The number of benzene rings is 3. The number of allylic oxidation sites excluding steroid dienone is 1. The summed E-state index contributed by atoms with van der Waals surface area (Å²) in [7, 11) is 0. The molecule has 0 amide bonds. The first kappa shape index (κ1) is 24.5. The number of aromatic nitrogens is 1. The van der Waals surface area contributed by atoms with E-state index >= 15 is 0 Å². The minimum atomic E-state index is -0.620. The number of carbonyl (C=O) groups is 1. The van der Waals surface area contributed by atoms with E-state index < -0.39 is 12.0 Å². The molecule has 7 heteroatoms. The van der Waals surface area contributed by atoms with Crippen molar-refractivity contribution in [2.45, 2.75) is 26.8 Å². The smallest absolute Gasteiger partial charge is 0.338 e. The Hall–Kier alpha value is -4.23. The van der Waals surface area contributed by atoms with Crippen LogP contribution in [0.5, 0.6) is 11.5 Å². The van der Waals surface area contributed by atoms with E-state index in [1.54, 1.807) is 18.4 Å². The fraction of sp³-hybridized carbons (Fsp3) is 0.167. The van der Waals surface area contributed by atoms with E-state index in [4.69, 9.17) is 9.47 Å². The van der Waals surface area contributed by atoms with Gasteiger partial charge in [0.2, 0.25) is 0 Å². The molecule has 0 fully saturated rings. The molecule has 1 atom stereocenters. The lowest BCUT2D eigenvalue weighted by Crippen LogP contribution is -2.39. The van der Waals surface area contributed by atoms with E-state index in [2.05, 4.69) is 4.99 Å². The van der Waals surface area contributed by atoms with Gasteiger partial charge >= 0.3 is 5.97 Å². The van der Waals surface area contributed by atoms with Gasteiger partial charge < -0.3 is 9.47 Å². The second-order valence-corrected chi connectivity index (χ2v) is 9.71. The van der Waals surface area contributed by atoms with Crippen molar-refractivity contribution in [3.05, 3.63) is 127 Å². The third-order valence-corrected chi connectivity index (χ3v) is 7.03. The molecule has 6 nitrogen and oxygen atoms in total. The lowest BCUT2D eigenvalue weighted by Gasteiger charge is -2.24. The molecule has 4 aromatic rings. The van der Waals surface area contributed by atoms with E-state index in [1.165, 1.54) is 11.3 Å². The summed E-state index contributed by atoms with van der Waals surface area (Å²) < 4.78 is 13.4. The van der Waals surface area contributed by atoms with Gasteiger partial charge in [0.1, 0.15) is 11.5 Å². The maximum Gasteiger partial charge on any atom is 0.338 e. The van der Waals surface area contributed by atoms with E-state index in [1.807, 2.05) is 91.9 Å².